The molecule has 5 nitrogen and oxygen atoms in total. The first kappa shape index (κ1) is 20.0. The van der Waals surface area contributed by atoms with Gasteiger partial charge in [-0.25, -0.2) is 0 Å². The van der Waals surface area contributed by atoms with Gasteiger partial charge in [0.05, 0.1) is 11.1 Å². The molecule has 0 fully saturated rings. The number of rotatable bonds is 9. The number of nitrogens with one attached hydrogen (secondary N) is 2. The Morgan fingerprint density at radius 2 is 2.08 bits per heavy atom. The number of ether oxygens (including phenoxy) is 1. The second-order valence-electron chi connectivity index (χ2n) is 6.01. The van der Waals surface area contributed by atoms with Crippen molar-refractivity contribution in [3.63, 3.8) is 0 Å². The molecule has 0 spiro atoms. The van der Waals surface area contributed by atoms with E-state index in [0.717, 1.165) is 34.1 Å². The molecule has 136 valence electrons. The zero-order chi connectivity index (χ0) is 18.2. The molecule has 0 saturated carbocycles. The second-order valence-corrected chi connectivity index (χ2v) is 7.78. The van der Waals surface area contributed by atoms with Crippen LogP contribution in [0.5, 0.6) is 5.75 Å². The van der Waals surface area contributed by atoms with Crippen LogP contribution >= 0.6 is 31.9 Å². The molecule has 25 heavy (non-hydrogen) atoms. The van der Waals surface area contributed by atoms with E-state index in [-0.39, 0.29) is 5.91 Å². The summed E-state index contributed by atoms with van der Waals surface area (Å²) in [5.74, 6) is 0.713. The minimum absolute atomic E-state index is 0.114. The van der Waals surface area contributed by atoms with Crippen LogP contribution in [0.15, 0.2) is 39.4 Å². The molecule has 0 radical (unpaired) electrons. The summed E-state index contributed by atoms with van der Waals surface area (Å²) in [5.41, 5.74) is 1.82. The molecule has 1 amide bonds. The first-order chi connectivity index (χ1) is 12.0. The van der Waals surface area contributed by atoms with E-state index >= 15 is 0 Å². The van der Waals surface area contributed by atoms with E-state index in [1.54, 1.807) is 12.3 Å². The molecule has 0 atom stereocenters. The molecule has 2 N–H and O–H groups in total. The van der Waals surface area contributed by atoms with Crippen LogP contribution in [0.4, 0.5) is 0 Å². The van der Waals surface area contributed by atoms with Gasteiger partial charge in [0.25, 0.3) is 5.91 Å². The number of nitrogens with zero attached hydrogens (tertiary/aromatic N) is 1. The summed E-state index contributed by atoms with van der Waals surface area (Å²) >= 11 is 6.87. The Labute approximate surface area is 165 Å². The molecule has 2 rings (SSSR count). The Bertz CT molecular complexity index is 701. The Hall–Kier alpha value is -1.31. The van der Waals surface area contributed by atoms with Gasteiger partial charge >= 0.3 is 0 Å². The molecule has 1 aromatic heterocycles. The van der Waals surface area contributed by atoms with Crippen molar-refractivity contribution >= 4 is 37.8 Å². The van der Waals surface area contributed by atoms with Crippen molar-refractivity contribution in [2.45, 2.75) is 12.8 Å². The molecule has 2 aromatic rings. The zero-order valence-corrected chi connectivity index (χ0v) is 17.6. The van der Waals surface area contributed by atoms with Gasteiger partial charge in [0, 0.05) is 23.8 Å². The number of H-pyrrole nitrogens is 1. The number of likely N-dealkylation sites (N-methyl/N-ethyl adjacent to an activating group) is 1. The number of halogens is 2. The summed E-state index contributed by atoms with van der Waals surface area (Å²) in [6, 6.07) is 7.93. The molecular weight excluding hydrogens is 450 g/mol. The third-order valence-corrected chi connectivity index (χ3v) is 4.68. The third-order valence-electron chi connectivity index (χ3n) is 3.60. The van der Waals surface area contributed by atoms with Crippen molar-refractivity contribution < 1.29 is 9.53 Å². The van der Waals surface area contributed by atoms with Crippen LogP contribution in [0.1, 0.15) is 22.5 Å². The van der Waals surface area contributed by atoms with Gasteiger partial charge in [0.15, 0.2) is 0 Å². The third kappa shape index (κ3) is 6.84. The quantitative estimate of drug-likeness (QED) is 0.545. The van der Waals surface area contributed by atoms with Crippen LogP contribution in [0.3, 0.4) is 0 Å². The van der Waals surface area contributed by atoms with E-state index < -0.39 is 0 Å². The van der Waals surface area contributed by atoms with Crippen molar-refractivity contribution in [2.75, 3.05) is 33.8 Å². The van der Waals surface area contributed by atoms with Gasteiger partial charge in [-0.15, -0.1) is 0 Å². The smallest absolute Gasteiger partial charge is 0.267 e. The highest BCUT2D eigenvalue weighted by molar-refractivity contribution is 9.10. The van der Waals surface area contributed by atoms with Crippen LogP contribution in [-0.2, 0) is 6.42 Å². The summed E-state index contributed by atoms with van der Waals surface area (Å²) in [5, 5.41) is 2.86. The Morgan fingerprint density at radius 3 is 2.72 bits per heavy atom. The van der Waals surface area contributed by atoms with E-state index in [1.807, 2.05) is 6.07 Å². The summed E-state index contributed by atoms with van der Waals surface area (Å²) in [6.45, 7) is 2.13. The van der Waals surface area contributed by atoms with E-state index in [4.69, 9.17) is 4.74 Å². The maximum Gasteiger partial charge on any atom is 0.267 e. The fraction of sp³-hybridized carbons (Fsp3) is 0.389. The molecular formula is C18H23Br2N3O2. The lowest BCUT2D eigenvalue weighted by atomic mass is 10.1. The lowest BCUT2D eigenvalue weighted by Crippen LogP contribution is -2.25. The average Bonchev–Trinajstić information content (AvgIpc) is 3.00. The number of carbonyl (C=O) groups is 1. The molecule has 0 unspecified atom stereocenters. The van der Waals surface area contributed by atoms with Crippen molar-refractivity contribution in [3.05, 3.63) is 50.7 Å². The highest BCUT2D eigenvalue weighted by Gasteiger charge is 2.07. The van der Waals surface area contributed by atoms with Gasteiger partial charge in [-0.3, -0.25) is 4.79 Å². The number of aromatic amines is 1. The zero-order valence-electron chi connectivity index (χ0n) is 14.4. The van der Waals surface area contributed by atoms with Gasteiger partial charge in [-0.2, -0.15) is 0 Å². The standard InChI is InChI=1S/C18H23Br2N3O2/c1-23(2)8-6-13-4-5-17(15(20)10-13)25-9-3-7-21-18(24)16-11-14(19)12-22-16/h4-5,10-12,22H,3,6-9H2,1-2H3,(H,21,24). The van der Waals surface area contributed by atoms with Crippen LogP contribution in [-0.4, -0.2) is 49.6 Å². The number of benzene rings is 1. The maximum atomic E-state index is 11.9. The van der Waals surface area contributed by atoms with E-state index in [0.29, 0.717) is 18.8 Å². The minimum atomic E-state index is -0.114. The van der Waals surface area contributed by atoms with Crippen molar-refractivity contribution in [3.8, 4) is 5.75 Å². The fourth-order valence-electron chi connectivity index (χ4n) is 2.22. The molecule has 1 heterocycles. The first-order valence-electron chi connectivity index (χ1n) is 8.14. The predicted molar refractivity (Wildman–Crippen MR) is 107 cm³/mol. The predicted octanol–water partition coefficient (Wildman–Crippen LogP) is 3.84. The molecule has 1 aromatic carbocycles. The van der Waals surface area contributed by atoms with E-state index in [1.165, 1.54) is 5.56 Å². The van der Waals surface area contributed by atoms with Crippen LogP contribution < -0.4 is 10.1 Å². The number of aromatic nitrogens is 1. The molecule has 0 aliphatic carbocycles. The maximum absolute atomic E-state index is 11.9. The molecule has 0 aliphatic rings. The Morgan fingerprint density at radius 1 is 1.28 bits per heavy atom. The van der Waals surface area contributed by atoms with Crippen molar-refractivity contribution in [1.29, 1.82) is 0 Å². The van der Waals surface area contributed by atoms with E-state index in [2.05, 4.69) is 73.3 Å². The Kier molecular flexibility index (Phi) is 7.99. The first-order valence-corrected chi connectivity index (χ1v) is 9.72. The molecule has 0 saturated heterocycles. The monoisotopic (exact) mass is 471 g/mol. The van der Waals surface area contributed by atoms with Crippen LogP contribution in [0.2, 0.25) is 0 Å². The fourth-order valence-corrected chi connectivity index (χ4v) is 3.10. The lowest BCUT2D eigenvalue weighted by molar-refractivity contribution is 0.0947. The number of hydrogen-bond donors (Lipinski definition) is 2. The highest BCUT2D eigenvalue weighted by Crippen LogP contribution is 2.26. The number of amides is 1. The summed E-state index contributed by atoms with van der Waals surface area (Å²) < 4.78 is 7.61. The number of hydrogen-bond acceptors (Lipinski definition) is 3. The summed E-state index contributed by atoms with van der Waals surface area (Å²) in [4.78, 5) is 16.9. The minimum Gasteiger partial charge on any atom is -0.492 e. The molecule has 0 bridgehead atoms. The largest absolute Gasteiger partial charge is 0.492 e. The SMILES string of the molecule is CN(C)CCc1ccc(OCCCNC(=O)c2cc(Br)c[nH]2)c(Br)c1. The second kappa shape index (κ2) is 9.99. The normalized spacial score (nSPS) is 10.9. The van der Waals surface area contributed by atoms with Crippen molar-refractivity contribution in [1.82, 2.24) is 15.2 Å². The lowest BCUT2D eigenvalue weighted by Gasteiger charge is -2.12. The molecule has 7 heteroatoms. The van der Waals surface area contributed by atoms with Gasteiger partial charge < -0.3 is 19.9 Å². The van der Waals surface area contributed by atoms with Gasteiger partial charge in [-0.05, 0) is 82.6 Å². The number of carbonyl (C=O) groups excluding carboxylic acids is 1. The van der Waals surface area contributed by atoms with E-state index in [9.17, 15) is 4.79 Å². The van der Waals surface area contributed by atoms with Crippen molar-refractivity contribution in [2.24, 2.45) is 0 Å². The van der Waals surface area contributed by atoms with Crippen LogP contribution in [0.25, 0.3) is 0 Å². The summed E-state index contributed by atoms with van der Waals surface area (Å²) in [7, 11) is 4.14. The Balaban J connectivity index is 1.70. The average molecular weight is 473 g/mol. The van der Waals surface area contributed by atoms with Gasteiger partial charge in [0.1, 0.15) is 11.4 Å². The van der Waals surface area contributed by atoms with Gasteiger partial charge in [-0.1, -0.05) is 6.07 Å². The van der Waals surface area contributed by atoms with Gasteiger partial charge in [0.2, 0.25) is 0 Å². The highest BCUT2D eigenvalue weighted by atomic mass is 79.9. The van der Waals surface area contributed by atoms with Crippen LogP contribution in [0, 0.1) is 0 Å². The summed E-state index contributed by atoms with van der Waals surface area (Å²) in [6.07, 6.45) is 3.48. The molecule has 0 aliphatic heterocycles. The topological polar surface area (TPSA) is 57.4 Å².